The van der Waals surface area contributed by atoms with Crippen LogP contribution in [0.5, 0.6) is 0 Å². The molecule has 0 N–H and O–H groups in total. The van der Waals surface area contributed by atoms with Gasteiger partial charge in [-0.3, -0.25) is 9.59 Å². The Morgan fingerprint density at radius 3 is 1.12 bits per heavy atom. The zero-order chi connectivity index (χ0) is 22.7. The third-order valence-corrected chi connectivity index (χ3v) is 5.83. The van der Waals surface area contributed by atoms with Crippen LogP contribution in [0.25, 0.3) is 0 Å². The van der Waals surface area contributed by atoms with Crippen molar-refractivity contribution in [1.29, 1.82) is 0 Å². The number of Topliss-reactive ketones (excluding diaryl/α,β-unsaturated/α-hetero) is 2. The molecule has 2 aromatic rings. The SMILES string of the molecule is O=C(CC(CC(=O)c1ccc(S(=O)(=O)[O-])cc1)C(=O)[O-])c1ccc(S(=O)(=O)[O-])cc1.[Na+].[Na+].[Na+]. The fourth-order valence-electron chi connectivity index (χ4n) is 2.54. The van der Waals surface area contributed by atoms with Crippen LogP contribution >= 0.6 is 0 Å². The first kappa shape index (κ1) is 35.2. The number of hydrogen-bond acceptors (Lipinski definition) is 10. The average molecular weight is 522 g/mol. The molecule has 33 heavy (non-hydrogen) atoms. The standard InChI is InChI=1S/C18H16O10S2.3Na/c19-16(11-1-5-14(6-2-11)29(23,24)25)9-13(18(21)22)10-17(20)12-3-7-15(8-4-12)30(26,27)28;;;/h1-8,13H,9-10H2,(H,21,22)(H,23,24,25)(H,26,27,28);;;/q;3*+1/p-3. The number of carbonyl (C=O) groups excluding carboxylic acids is 3. The van der Waals surface area contributed by atoms with E-state index in [0.29, 0.717) is 0 Å². The molecular formula is C18H13Na3O10S2. The first-order valence-electron chi connectivity index (χ1n) is 8.18. The van der Waals surface area contributed by atoms with Crippen LogP contribution in [0.15, 0.2) is 58.3 Å². The van der Waals surface area contributed by atoms with Crippen molar-refractivity contribution in [2.24, 2.45) is 5.92 Å². The summed E-state index contributed by atoms with van der Waals surface area (Å²) in [6, 6.07) is 7.79. The molecule has 0 aromatic heterocycles. The summed E-state index contributed by atoms with van der Waals surface area (Å²) in [7, 11) is -9.42. The van der Waals surface area contributed by atoms with Gasteiger partial charge in [0.25, 0.3) is 0 Å². The van der Waals surface area contributed by atoms with Gasteiger partial charge in [-0.1, -0.05) is 24.3 Å². The third-order valence-electron chi connectivity index (χ3n) is 4.13. The van der Waals surface area contributed by atoms with Gasteiger partial charge in [0.2, 0.25) is 0 Å². The second-order valence-electron chi connectivity index (χ2n) is 6.23. The number of carbonyl (C=O) groups is 3. The van der Waals surface area contributed by atoms with Gasteiger partial charge in [0.1, 0.15) is 20.2 Å². The number of rotatable bonds is 9. The van der Waals surface area contributed by atoms with Crippen molar-refractivity contribution in [2.45, 2.75) is 22.6 Å². The average Bonchev–Trinajstić information content (AvgIpc) is 2.66. The molecule has 0 radical (unpaired) electrons. The Morgan fingerprint density at radius 2 is 0.909 bits per heavy atom. The second-order valence-corrected chi connectivity index (χ2v) is 8.99. The summed E-state index contributed by atoms with van der Waals surface area (Å²) in [5.74, 6) is -4.63. The van der Waals surface area contributed by atoms with Crippen molar-refractivity contribution in [1.82, 2.24) is 0 Å². The molecule has 0 saturated heterocycles. The molecule has 0 aliphatic heterocycles. The van der Waals surface area contributed by atoms with Crippen molar-refractivity contribution in [3.63, 3.8) is 0 Å². The fraction of sp³-hybridized carbons (Fsp3) is 0.167. The molecule has 0 saturated carbocycles. The quantitative estimate of drug-likeness (QED) is 0.174. The smallest absolute Gasteiger partial charge is 0.744 e. The van der Waals surface area contributed by atoms with E-state index in [0.717, 1.165) is 48.5 Å². The van der Waals surface area contributed by atoms with Gasteiger partial charge in [-0.05, 0) is 24.3 Å². The summed E-state index contributed by atoms with van der Waals surface area (Å²) in [5.41, 5.74) is -0.128. The Balaban J connectivity index is 0. The normalized spacial score (nSPS) is 10.9. The number of ketones is 2. The maximum Gasteiger partial charge on any atom is 1.00 e. The zero-order valence-corrected chi connectivity index (χ0v) is 25.6. The summed E-state index contributed by atoms with van der Waals surface area (Å²) in [6.07, 6.45) is -1.27. The Morgan fingerprint density at radius 1 is 0.636 bits per heavy atom. The van der Waals surface area contributed by atoms with Crippen molar-refractivity contribution < 1.29 is 134 Å². The van der Waals surface area contributed by atoms with Gasteiger partial charge in [-0.25, -0.2) is 16.8 Å². The van der Waals surface area contributed by atoms with Crippen LogP contribution < -0.4 is 93.8 Å². The van der Waals surface area contributed by atoms with Crippen LogP contribution in [-0.4, -0.2) is 43.5 Å². The van der Waals surface area contributed by atoms with Crippen LogP contribution in [0.2, 0.25) is 0 Å². The molecule has 0 spiro atoms. The van der Waals surface area contributed by atoms with Gasteiger partial charge in [0, 0.05) is 35.9 Å². The molecule has 10 nitrogen and oxygen atoms in total. The molecule has 0 bridgehead atoms. The van der Waals surface area contributed by atoms with E-state index in [4.69, 9.17) is 0 Å². The molecule has 2 aromatic carbocycles. The monoisotopic (exact) mass is 522 g/mol. The first-order valence-corrected chi connectivity index (χ1v) is 11.0. The van der Waals surface area contributed by atoms with E-state index in [9.17, 15) is 45.4 Å². The van der Waals surface area contributed by atoms with E-state index < -0.39 is 66.3 Å². The maximum absolute atomic E-state index is 12.3. The second kappa shape index (κ2) is 14.6. The van der Waals surface area contributed by atoms with Crippen molar-refractivity contribution in [3.8, 4) is 0 Å². The molecule has 15 heteroatoms. The van der Waals surface area contributed by atoms with E-state index in [2.05, 4.69) is 0 Å². The van der Waals surface area contributed by atoms with Crippen molar-refractivity contribution in [2.75, 3.05) is 0 Å². The van der Waals surface area contributed by atoms with E-state index in [1.54, 1.807) is 0 Å². The largest absolute Gasteiger partial charge is 1.00 e. The molecule has 0 heterocycles. The minimum atomic E-state index is -4.71. The van der Waals surface area contributed by atoms with Gasteiger partial charge in [0.05, 0.1) is 9.79 Å². The predicted octanol–water partition coefficient (Wildman–Crippen LogP) is -9.28. The van der Waals surface area contributed by atoms with Crippen LogP contribution in [0.4, 0.5) is 0 Å². The number of hydrogen-bond donors (Lipinski definition) is 0. The molecule has 160 valence electrons. The molecule has 0 aliphatic rings. The predicted molar refractivity (Wildman–Crippen MR) is 95.2 cm³/mol. The molecular weight excluding hydrogens is 509 g/mol. The van der Waals surface area contributed by atoms with E-state index >= 15 is 0 Å². The molecule has 0 atom stereocenters. The first-order chi connectivity index (χ1) is 13.8. The van der Waals surface area contributed by atoms with Gasteiger partial charge < -0.3 is 19.0 Å². The number of carboxylic acid groups (broad SMARTS) is 1. The summed E-state index contributed by atoms with van der Waals surface area (Å²) < 4.78 is 65.4. The fourth-order valence-corrected chi connectivity index (χ4v) is 3.48. The summed E-state index contributed by atoms with van der Waals surface area (Å²) in [5, 5.41) is 11.3. The van der Waals surface area contributed by atoms with Crippen LogP contribution in [0.3, 0.4) is 0 Å². The number of benzene rings is 2. The summed E-state index contributed by atoms with van der Waals surface area (Å²) in [4.78, 5) is 34.7. The Labute approximate surface area is 256 Å². The van der Waals surface area contributed by atoms with Gasteiger partial charge in [0.15, 0.2) is 11.6 Å². The Kier molecular flexibility index (Phi) is 15.6. The number of carboxylic acids is 1. The third kappa shape index (κ3) is 10.7. The van der Waals surface area contributed by atoms with E-state index in [1.807, 2.05) is 0 Å². The molecule has 2 rings (SSSR count). The van der Waals surface area contributed by atoms with E-state index in [1.165, 1.54) is 0 Å². The summed E-state index contributed by atoms with van der Waals surface area (Å²) in [6.45, 7) is 0. The zero-order valence-electron chi connectivity index (χ0n) is 18.0. The molecule has 0 unspecified atom stereocenters. The minimum Gasteiger partial charge on any atom is -0.744 e. The van der Waals surface area contributed by atoms with E-state index in [-0.39, 0.29) is 99.8 Å². The Bertz CT molecular complexity index is 1100. The maximum atomic E-state index is 12.3. The molecule has 0 amide bonds. The van der Waals surface area contributed by atoms with Crippen LogP contribution in [0.1, 0.15) is 33.6 Å². The Hall–Kier alpha value is 0.0700. The van der Waals surface area contributed by atoms with Crippen molar-refractivity contribution in [3.05, 3.63) is 59.7 Å². The molecule has 0 aliphatic carbocycles. The van der Waals surface area contributed by atoms with Gasteiger partial charge in [-0.2, -0.15) is 0 Å². The minimum absolute atomic E-state index is 0. The van der Waals surface area contributed by atoms with Gasteiger partial charge in [-0.15, -0.1) is 0 Å². The molecule has 0 fully saturated rings. The number of aliphatic carboxylic acids is 1. The van der Waals surface area contributed by atoms with Gasteiger partial charge >= 0.3 is 88.7 Å². The topological polar surface area (TPSA) is 189 Å². The van der Waals surface area contributed by atoms with Crippen molar-refractivity contribution >= 4 is 37.8 Å². The van der Waals surface area contributed by atoms with Crippen LogP contribution in [0, 0.1) is 5.92 Å². The summed E-state index contributed by atoms with van der Waals surface area (Å²) >= 11 is 0. The van der Waals surface area contributed by atoms with Crippen LogP contribution in [-0.2, 0) is 25.0 Å².